The highest BCUT2D eigenvalue weighted by Gasteiger charge is 2.48. The van der Waals surface area contributed by atoms with Gasteiger partial charge in [-0.1, -0.05) is 37.1 Å². The number of nitrogens with one attached hydrogen (secondary N) is 1. The summed E-state index contributed by atoms with van der Waals surface area (Å²) in [6, 6.07) is 12.9. The maximum atomic E-state index is 6.36. The smallest absolute Gasteiger partial charge is 0.127 e. The normalized spacial score (nSPS) is 24.3. The summed E-state index contributed by atoms with van der Waals surface area (Å²) < 4.78 is 12.2. The lowest BCUT2D eigenvalue weighted by Crippen LogP contribution is -2.47. The molecule has 4 nitrogen and oxygen atoms in total. The first-order chi connectivity index (χ1) is 14.3. The quantitative estimate of drug-likeness (QED) is 0.659. The number of ether oxygens (including phenoxy) is 2. The second-order valence-corrected chi connectivity index (χ2v) is 9.09. The minimum Gasteiger partial charge on any atom is -0.493 e. The molecule has 1 atom stereocenters. The van der Waals surface area contributed by atoms with Crippen LogP contribution in [0.4, 0.5) is 0 Å². The molecule has 3 heterocycles. The Bertz CT molecular complexity index is 838. The molecule has 1 aromatic carbocycles. The number of hydrogen-bond acceptors (Lipinski definition) is 4. The van der Waals surface area contributed by atoms with Gasteiger partial charge in [0.05, 0.1) is 12.2 Å². The van der Waals surface area contributed by atoms with Crippen LogP contribution in [-0.4, -0.2) is 30.3 Å². The summed E-state index contributed by atoms with van der Waals surface area (Å²) >= 11 is 0. The summed E-state index contributed by atoms with van der Waals surface area (Å²) in [5, 5.41) is 3.70. The SMILES string of the molecule is Cl.c1ccc(C2(CCNCc3cccc4c3OCC4)CCOC3(CCCC3)C2)nc1. The summed E-state index contributed by atoms with van der Waals surface area (Å²) in [6.07, 6.45) is 11.3. The second kappa shape index (κ2) is 9.25. The molecule has 0 radical (unpaired) electrons. The summed E-state index contributed by atoms with van der Waals surface area (Å²) in [4.78, 5) is 4.81. The molecule has 1 spiro atoms. The van der Waals surface area contributed by atoms with E-state index in [9.17, 15) is 0 Å². The third-order valence-corrected chi connectivity index (χ3v) is 7.26. The van der Waals surface area contributed by atoms with E-state index in [0.717, 1.165) is 57.7 Å². The van der Waals surface area contributed by atoms with Gasteiger partial charge in [-0.25, -0.2) is 0 Å². The van der Waals surface area contributed by atoms with Crippen molar-refractivity contribution in [2.24, 2.45) is 0 Å². The standard InChI is InChI=1S/C25H32N2O2.ClH/c1-4-14-27-22(8-1)24(13-17-29-25(19-24)10-2-3-11-25)12-15-26-18-21-7-5-6-20-9-16-28-23(20)21;/h1,4-8,14,26H,2-3,9-13,15-19H2;1H. The molecule has 162 valence electrons. The first-order valence-electron chi connectivity index (χ1n) is 11.3. The number of rotatable bonds is 6. The Hall–Kier alpha value is -1.62. The molecule has 1 aromatic heterocycles. The molecule has 5 heteroatoms. The first kappa shape index (κ1) is 21.6. The summed E-state index contributed by atoms with van der Waals surface area (Å²) in [7, 11) is 0. The van der Waals surface area contributed by atoms with Crippen molar-refractivity contribution in [1.29, 1.82) is 0 Å². The van der Waals surface area contributed by atoms with Crippen molar-refractivity contribution in [2.45, 2.75) is 68.9 Å². The van der Waals surface area contributed by atoms with Gasteiger partial charge < -0.3 is 14.8 Å². The molecule has 0 bridgehead atoms. The number of para-hydroxylation sites is 1. The molecule has 5 rings (SSSR count). The molecule has 3 aliphatic rings. The zero-order valence-electron chi connectivity index (χ0n) is 17.7. The van der Waals surface area contributed by atoms with Crippen LogP contribution < -0.4 is 10.1 Å². The molecular weight excluding hydrogens is 396 g/mol. The van der Waals surface area contributed by atoms with Crippen molar-refractivity contribution in [1.82, 2.24) is 10.3 Å². The van der Waals surface area contributed by atoms with Crippen LogP contribution in [0.3, 0.4) is 0 Å². The second-order valence-electron chi connectivity index (χ2n) is 9.09. The Morgan fingerprint density at radius 2 is 1.90 bits per heavy atom. The topological polar surface area (TPSA) is 43.4 Å². The molecule has 1 saturated carbocycles. The average molecular weight is 429 g/mol. The summed E-state index contributed by atoms with van der Waals surface area (Å²) in [6.45, 7) is 3.52. The Labute approximate surface area is 186 Å². The van der Waals surface area contributed by atoms with Crippen molar-refractivity contribution < 1.29 is 9.47 Å². The predicted molar refractivity (Wildman–Crippen MR) is 122 cm³/mol. The third-order valence-electron chi connectivity index (χ3n) is 7.26. The van der Waals surface area contributed by atoms with Gasteiger partial charge in [-0.3, -0.25) is 4.98 Å². The van der Waals surface area contributed by atoms with Gasteiger partial charge in [0, 0.05) is 42.4 Å². The molecular formula is C25H33ClN2O2. The first-order valence-corrected chi connectivity index (χ1v) is 11.3. The lowest BCUT2D eigenvalue weighted by molar-refractivity contribution is -0.104. The number of halogens is 1. The van der Waals surface area contributed by atoms with E-state index >= 15 is 0 Å². The Balaban J connectivity index is 0.00000218. The highest BCUT2D eigenvalue weighted by molar-refractivity contribution is 5.85. The Kier molecular flexibility index (Phi) is 6.66. The van der Waals surface area contributed by atoms with E-state index in [4.69, 9.17) is 14.5 Å². The van der Waals surface area contributed by atoms with E-state index < -0.39 is 0 Å². The van der Waals surface area contributed by atoms with Gasteiger partial charge in [-0.15, -0.1) is 12.4 Å². The minimum absolute atomic E-state index is 0. The summed E-state index contributed by atoms with van der Waals surface area (Å²) in [5.41, 5.74) is 4.09. The molecule has 1 unspecified atom stereocenters. The predicted octanol–water partition coefficient (Wildman–Crippen LogP) is 4.98. The van der Waals surface area contributed by atoms with Gasteiger partial charge >= 0.3 is 0 Å². The van der Waals surface area contributed by atoms with Gasteiger partial charge in [0.1, 0.15) is 5.75 Å². The van der Waals surface area contributed by atoms with Crippen LogP contribution >= 0.6 is 12.4 Å². The Morgan fingerprint density at radius 3 is 2.73 bits per heavy atom. The van der Waals surface area contributed by atoms with Gasteiger partial charge in [0.15, 0.2) is 0 Å². The maximum Gasteiger partial charge on any atom is 0.127 e. The van der Waals surface area contributed by atoms with Crippen molar-refractivity contribution in [3.63, 3.8) is 0 Å². The number of pyridine rings is 1. The molecule has 30 heavy (non-hydrogen) atoms. The number of aromatic nitrogens is 1. The van der Waals surface area contributed by atoms with Crippen LogP contribution in [0.1, 0.15) is 61.8 Å². The van der Waals surface area contributed by atoms with Gasteiger partial charge in [-0.05, 0) is 56.3 Å². The molecule has 2 aromatic rings. The van der Waals surface area contributed by atoms with Gasteiger partial charge in [0.25, 0.3) is 0 Å². The van der Waals surface area contributed by atoms with Crippen LogP contribution in [0.2, 0.25) is 0 Å². The number of hydrogen-bond donors (Lipinski definition) is 1. The lowest BCUT2D eigenvalue weighted by atomic mass is 9.68. The molecule has 0 amide bonds. The minimum atomic E-state index is 0. The van der Waals surface area contributed by atoms with Crippen molar-refractivity contribution in [3.8, 4) is 5.75 Å². The van der Waals surface area contributed by atoms with Crippen LogP contribution in [-0.2, 0) is 23.1 Å². The summed E-state index contributed by atoms with van der Waals surface area (Å²) in [5.74, 6) is 1.11. The van der Waals surface area contributed by atoms with E-state index in [2.05, 4.69) is 35.6 Å². The van der Waals surface area contributed by atoms with E-state index in [1.165, 1.54) is 42.5 Å². The van der Waals surface area contributed by atoms with Crippen molar-refractivity contribution in [3.05, 3.63) is 59.4 Å². The largest absolute Gasteiger partial charge is 0.493 e. The van der Waals surface area contributed by atoms with Crippen LogP contribution in [0.25, 0.3) is 0 Å². The molecule has 1 aliphatic carbocycles. The fourth-order valence-electron chi connectivity index (χ4n) is 5.77. The van der Waals surface area contributed by atoms with Gasteiger partial charge in [0.2, 0.25) is 0 Å². The lowest BCUT2D eigenvalue weighted by Gasteiger charge is -2.46. The monoisotopic (exact) mass is 428 g/mol. The fourth-order valence-corrected chi connectivity index (χ4v) is 5.77. The molecule has 2 fully saturated rings. The molecule has 1 N–H and O–H groups in total. The number of benzene rings is 1. The maximum absolute atomic E-state index is 6.36. The van der Waals surface area contributed by atoms with E-state index in [-0.39, 0.29) is 23.4 Å². The number of fused-ring (bicyclic) bond motifs is 1. The Morgan fingerprint density at radius 1 is 1.00 bits per heavy atom. The van der Waals surface area contributed by atoms with Crippen LogP contribution in [0.5, 0.6) is 5.75 Å². The highest BCUT2D eigenvalue weighted by atomic mass is 35.5. The molecule has 2 aliphatic heterocycles. The van der Waals surface area contributed by atoms with E-state index in [1.807, 2.05) is 12.3 Å². The van der Waals surface area contributed by atoms with Crippen LogP contribution in [0, 0.1) is 0 Å². The average Bonchev–Trinajstić information content (AvgIpc) is 3.42. The van der Waals surface area contributed by atoms with E-state index in [0.29, 0.717) is 0 Å². The van der Waals surface area contributed by atoms with Crippen molar-refractivity contribution in [2.75, 3.05) is 19.8 Å². The molecule has 1 saturated heterocycles. The third kappa shape index (κ3) is 4.23. The van der Waals surface area contributed by atoms with Crippen molar-refractivity contribution >= 4 is 12.4 Å². The zero-order valence-corrected chi connectivity index (χ0v) is 18.5. The number of nitrogens with zero attached hydrogens (tertiary/aromatic N) is 1. The van der Waals surface area contributed by atoms with E-state index in [1.54, 1.807) is 0 Å². The van der Waals surface area contributed by atoms with Crippen LogP contribution in [0.15, 0.2) is 42.6 Å². The highest BCUT2D eigenvalue weighted by Crippen LogP contribution is 2.49. The van der Waals surface area contributed by atoms with Gasteiger partial charge in [-0.2, -0.15) is 0 Å². The zero-order chi connectivity index (χ0) is 19.6. The fraction of sp³-hybridized carbons (Fsp3) is 0.560.